The van der Waals surface area contributed by atoms with E-state index in [4.69, 9.17) is 15.0 Å². The van der Waals surface area contributed by atoms with Crippen LogP contribution in [0.1, 0.15) is 28.8 Å². The molecule has 0 saturated heterocycles. The van der Waals surface area contributed by atoms with Crippen LogP contribution >= 0.6 is 0 Å². The van der Waals surface area contributed by atoms with Gasteiger partial charge in [0.2, 0.25) is 0 Å². The van der Waals surface area contributed by atoms with Crippen molar-refractivity contribution < 1.29 is 19.2 Å². The number of nitro benzene ring substituents is 1. The lowest BCUT2D eigenvalue weighted by Crippen LogP contribution is -2.35. The topological polar surface area (TPSA) is 127 Å². The highest BCUT2D eigenvalue weighted by molar-refractivity contribution is 5.89. The van der Waals surface area contributed by atoms with Gasteiger partial charge in [0.05, 0.1) is 29.2 Å². The molecule has 28 heavy (non-hydrogen) atoms. The summed E-state index contributed by atoms with van der Waals surface area (Å²) in [6.07, 6.45) is 0.0104. The van der Waals surface area contributed by atoms with Gasteiger partial charge in [-0.1, -0.05) is 35.4 Å². The quantitative estimate of drug-likeness (QED) is 0.177. The molecule has 1 aliphatic rings. The smallest absolute Gasteiger partial charge is 0.338 e. The van der Waals surface area contributed by atoms with Crippen LogP contribution < -0.4 is 0 Å². The number of nitro groups is 1. The standard InChI is InChI=1S/C19H18N4O5/c20-22-21-16-10-11-17(27-12-13-4-2-1-3-5-13)18(16)28-19(24)14-6-8-15(9-7-14)23(25)26/h1-9,16-18H,10-12H2/t16-,17+,18-/m0/s1. The monoisotopic (exact) mass is 382 g/mol. The first-order chi connectivity index (χ1) is 13.6. The van der Waals surface area contributed by atoms with Crippen LogP contribution in [0.3, 0.4) is 0 Å². The molecular formula is C19H18N4O5. The highest BCUT2D eigenvalue weighted by Crippen LogP contribution is 2.30. The van der Waals surface area contributed by atoms with E-state index in [-0.39, 0.29) is 11.3 Å². The van der Waals surface area contributed by atoms with Gasteiger partial charge in [-0.25, -0.2) is 4.79 Å². The molecule has 9 heteroatoms. The molecule has 0 aliphatic heterocycles. The van der Waals surface area contributed by atoms with Crippen LogP contribution in [0.4, 0.5) is 5.69 Å². The third-order valence-corrected chi connectivity index (χ3v) is 4.56. The Hall–Kier alpha value is -3.42. The summed E-state index contributed by atoms with van der Waals surface area (Å²) in [4.78, 5) is 25.5. The molecule has 0 spiro atoms. The second kappa shape index (κ2) is 8.98. The summed E-state index contributed by atoms with van der Waals surface area (Å²) >= 11 is 0. The Morgan fingerprint density at radius 1 is 1.18 bits per heavy atom. The number of non-ortho nitro benzene ring substituents is 1. The van der Waals surface area contributed by atoms with Crippen molar-refractivity contribution in [2.45, 2.75) is 37.7 Å². The second-order valence-corrected chi connectivity index (χ2v) is 6.36. The molecule has 1 saturated carbocycles. The predicted molar refractivity (Wildman–Crippen MR) is 99.5 cm³/mol. The third-order valence-electron chi connectivity index (χ3n) is 4.56. The van der Waals surface area contributed by atoms with Crippen molar-refractivity contribution in [3.8, 4) is 0 Å². The number of hydrogen-bond acceptors (Lipinski definition) is 6. The van der Waals surface area contributed by atoms with E-state index in [2.05, 4.69) is 10.0 Å². The molecule has 0 N–H and O–H groups in total. The Morgan fingerprint density at radius 3 is 2.54 bits per heavy atom. The summed E-state index contributed by atoms with van der Waals surface area (Å²) in [5.41, 5.74) is 9.83. The van der Waals surface area contributed by atoms with Gasteiger partial charge in [-0.15, -0.1) is 0 Å². The van der Waals surface area contributed by atoms with Gasteiger partial charge in [0, 0.05) is 17.0 Å². The summed E-state index contributed by atoms with van der Waals surface area (Å²) in [7, 11) is 0. The number of hydrogen-bond donors (Lipinski definition) is 0. The zero-order chi connectivity index (χ0) is 19.9. The summed E-state index contributed by atoms with van der Waals surface area (Å²) in [6.45, 7) is 0.347. The van der Waals surface area contributed by atoms with Gasteiger partial charge in [0.15, 0.2) is 0 Å². The van der Waals surface area contributed by atoms with E-state index in [1.807, 2.05) is 30.3 Å². The Morgan fingerprint density at radius 2 is 1.89 bits per heavy atom. The van der Waals surface area contributed by atoms with E-state index in [1.165, 1.54) is 24.3 Å². The van der Waals surface area contributed by atoms with E-state index >= 15 is 0 Å². The molecule has 0 heterocycles. The van der Waals surface area contributed by atoms with Gasteiger partial charge in [0.25, 0.3) is 5.69 Å². The number of esters is 1. The van der Waals surface area contributed by atoms with E-state index in [9.17, 15) is 14.9 Å². The molecule has 144 valence electrons. The minimum atomic E-state index is -0.720. The zero-order valence-electron chi connectivity index (χ0n) is 14.9. The number of carbonyl (C=O) groups excluding carboxylic acids is 1. The maximum atomic E-state index is 12.5. The van der Waals surface area contributed by atoms with Crippen molar-refractivity contribution in [1.82, 2.24) is 0 Å². The Labute approximate surface area is 160 Å². The SMILES string of the molecule is [N-]=[N+]=N[C@H]1CC[C@@H](OCc2ccccc2)[C@H]1OC(=O)c1ccc([N+](=O)[O-])cc1. The Kier molecular flexibility index (Phi) is 6.21. The number of ether oxygens (including phenoxy) is 2. The van der Waals surface area contributed by atoms with Crippen LogP contribution in [-0.4, -0.2) is 29.1 Å². The van der Waals surface area contributed by atoms with Gasteiger partial charge in [-0.2, -0.15) is 0 Å². The number of rotatable bonds is 7. The van der Waals surface area contributed by atoms with E-state index in [0.29, 0.717) is 19.4 Å². The molecule has 1 aliphatic carbocycles. The van der Waals surface area contributed by atoms with E-state index in [0.717, 1.165) is 5.56 Å². The molecule has 3 atom stereocenters. The second-order valence-electron chi connectivity index (χ2n) is 6.36. The Balaban J connectivity index is 1.69. The van der Waals surface area contributed by atoms with Gasteiger partial charge in [-0.05, 0) is 36.1 Å². The fraction of sp³-hybridized carbons (Fsp3) is 0.316. The van der Waals surface area contributed by atoms with Crippen LogP contribution in [-0.2, 0) is 16.1 Å². The lowest BCUT2D eigenvalue weighted by atomic mass is 10.2. The summed E-state index contributed by atoms with van der Waals surface area (Å²) in [5, 5.41) is 14.5. The summed E-state index contributed by atoms with van der Waals surface area (Å²) in [5.74, 6) is -0.645. The number of benzene rings is 2. The van der Waals surface area contributed by atoms with Crippen molar-refractivity contribution >= 4 is 11.7 Å². The van der Waals surface area contributed by atoms with Crippen molar-refractivity contribution in [1.29, 1.82) is 0 Å². The largest absolute Gasteiger partial charge is 0.456 e. The first kappa shape index (κ1) is 19.3. The summed E-state index contributed by atoms with van der Waals surface area (Å²) < 4.78 is 11.5. The summed E-state index contributed by atoms with van der Waals surface area (Å²) in [6, 6.07) is 14.2. The first-order valence-corrected chi connectivity index (χ1v) is 8.73. The number of azide groups is 1. The normalized spacial score (nSPS) is 20.9. The lowest BCUT2D eigenvalue weighted by molar-refractivity contribution is -0.384. The van der Waals surface area contributed by atoms with Gasteiger partial charge in [0.1, 0.15) is 6.10 Å². The maximum Gasteiger partial charge on any atom is 0.338 e. The average molecular weight is 382 g/mol. The van der Waals surface area contributed by atoms with Crippen LogP contribution in [0.5, 0.6) is 0 Å². The van der Waals surface area contributed by atoms with Crippen LogP contribution in [0.15, 0.2) is 59.7 Å². The van der Waals surface area contributed by atoms with Crippen LogP contribution in [0, 0.1) is 10.1 Å². The van der Waals surface area contributed by atoms with Crippen molar-refractivity contribution in [2.24, 2.45) is 5.11 Å². The number of nitrogens with zero attached hydrogens (tertiary/aromatic N) is 4. The predicted octanol–water partition coefficient (Wildman–Crippen LogP) is 4.18. The van der Waals surface area contributed by atoms with Crippen molar-refractivity contribution in [2.75, 3.05) is 0 Å². The molecule has 0 unspecified atom stereocenters. The molecule has 2 aromatic rings. The Bertz CT molecular complexity index is 881. The zero-order valence-corrected chi connectivity index (χ0v) is 14.9. The van der Waals surface area contributed by atoms with Gasteiger partial charge >= 0.3 is 5.97 Å². The molecular weight excluding hydrogens is 364 g/mol. The van der Waals surface area contributed by atoms with Gasteiger partial charge < -0.3 is 9.47 Å². The number of carbonyl (C=O) groups is 1. The third kappa shape index (κ3) is 4.64. The average Bonchev–Trinajstić information content (AvgIpc) is 3.09. The highest BCUT2D eigenvalue weighted by Gasteiger charge is 2.39. The fourth-order valence-electron chi connectivity index (χ4n) is 3.12. The molecule has 0 amide bonds. The van der Waals surface area contributed by atoms with Crippen LogP contribution in [0.2, 0.25) is 0 Å². The van der Waals surface area contributed by atoms with E-state index < -0.39 is 29.1 Å². The van der Waals surface area contributed by atoms with Gasteiger partial charge in [-0.3, -0.25) is 10.1 Å². The fourth-order valence-corrected chi connectivity index (χ4v) is 3.12. The molecule has 2 aromatic carbocycles. The molecule has 0 radical (unpaired) electrons. The highest BCUT2D eigenvalue weighted by atomic mass is 16.6. The molecule has 0 bridgehead atoms. The van der Waals surface area contributed by atoms with E-state index in [1.54, 1.807) is 0 Å². The van der Waals surface area contributed by atoms with Crippen LogP contribution in [0.25, 0.3) is 10.4 Å². The maximum absolute atomic E-state index is 12.5. The minimum Gasteiger partial charge on any atom is -0.456 e. The molecule has 3 rings (SSSR count). The first-order valence-electron chi connectivity index (χ1n) is 8.73. The lowest BCUT2D eigenvalue weighted by Gasteiger charge is -2.23. The van der Waals surface area contributed by atoms with Crippen molar-refractivity contribution in [3.63, 3.8) is 0 Å². The molecule has 9 nitrogen and oxygen atoms in total. The molecule has 1 fully saturated rings. The molecule has 0 aromatic heterocycles. The van der Waals surface area contributed by atoms with Crippen molar-refractivity contribution in [3.05, 3.63) is 86.3 Å². The minimum absolute atomic E-state index is 0.117.